The van der Waals surface area contributed by atoms with Crippen LogP contribution in [0.5, 0.6) is 0 Å². The lowest BCUT2D eigenvalue weighted by Gasteiger charge is -2.48. The third-order valence-electron chi connectivity index (χ3n) is 2.83. The van der Waals surface area contributed by atoms with E-state index in [1.165, 1.54) is 16.7 Å². The van der Waals surface area contributed by atoms with Gasteiger partial charge in [-0.2, -0.15) is 0 Å². The molecule has 0 saturated carbocycles. The number of thioether (sulfide) groups is 1. The number of carboxylic acid groups (broad SMARTS) is 1. The summed E-state index contributed by atoms with van der Waals surface area (Å²) in [5, 5.41) is 9.05. The summed E-state index contributed by atoms with van der Waals surface area (Å²) in [5.74, 6) is -0.933. The van der Waals surface area contributed by atoms with Gasteiger partial charge in [0.15, 0.2) is 6.04 Å². The van der Waals surface area contributed by atoms with Crippen LogP contribution in [0.3, 0.4) is 0 Å². The molecule has 20 heavy (non-hydrogen) atoms. The minimum Gasteiger partial charge on any atom is -0.477 e. The molecule has 2 rings (SSSR count). The highest BCUT2D eigenvalue weighted by Crippen LogP contribution is 2.43. The van der Waals surface area contributed by atoms with Gasteiger partial charge in [-0.05, 0) is 19.4 Å². The molecule has 1 unspecified atom stereocenters. The van der Waals surface area contributed by atoms with E-state index in [2.05, 4.69) is 20.9 Å². The summed E-state index contributed by atoms with van der Waals surface area (Å²) in [6.07, 6.45) is 0. The molecular formula is C11H13Br2ClN2O3S. The molecule has 112 valence electrons. The van der Waals surface area contributed by atoms with E-state index in [9.17, 15) is 14.7 Å². The first-order valence-corrected chi connectivity index (χ1v) is 7.94. The van der Waals surface area contributed by atoms with Crippen molar-refractivity contribution in [2.45, 2.75) is 29.5 Å². The maximum absolute atomic E-state index is 12.1. The lowest BCUT2D eigenvalue weighted by Crippen LogP contribution is -2.64. The number of amides is 1. The van der Waals surface area contributed by atoms with Crippen LogP contribution < -0.4 is 0 Å². The highest BCUT2D eigenvalue weighted by atomic mass is 79.9. The van der Waals surface area contributed by atoms with Crippen molar-refractivity contribution in [3.8, 4) is 0 Å². The van der Waals surface area contributed by atoms with Crippen molar-refractivity contribution in [1.29, 1.82) is 0 Å². The van der Waals surface area contributed by atoms with Gasteiger partial charge in [-0.3, -0.25) is 14.7 Å². The standard InChI is InChI=1S/C11H12BrClN2O3S.BrH/c1-4(2)14-6-9(16)15-7(11(17)18)5(8(12)13)3-19-10(6)15;/h6,8,10H,3H2,1-2H3,(H,17,18);1H/t6-,8?,10+;/m1./s1. The first-order chi connectivity index (χ1) is 8.84. The Hall–Kier alpha value is -0.0500. The zero-order valence-electron chi connectivity index (χ0n) is 10.7. The number of β-lactam (4-membered cyclic amide) rings is 1. The van der Waals surface area contributed by atoms with Gasteiger partial charge in [-0.15, -0.1) is 40.3 Å². The molecule has 9 heteroatoms. The zero-order valence-corrected chi connectivity index (χ0v) is 15.5. The second-order valence-electron chi connectivity index (χ2n) is 4.41. The van der Waals surface area contributed by atoms with Gasteiger partial charge in [-0.25, -0.2) is 4.79 Å². The average Bonchev–Trinajstić information content (AvgIpc) is 2.33. The van der Waals surface area contributed by atoms with Crippen molar-refractivity contribution in [3.05, 3.63) is 11.3 Å². The van der Waals surface area contributed by atoms with Crippen LogP contribution in [0, 0.1) is 0 Å². The van der Waals surface area contributed by atoms with Crippen LogP contribution in [0.15, 0.2) is 16.3 Å². The number of halogens is 3. The minimum absolute atomic E-state index is 0. The smallest absolute Gasteiger partial charge is 0.352 e. The fraction of sp³-hybridized carbons (Fsp3) is 0.545. The molecule has 3 atom stereocenters. The van der Waals surface area contributed by atoms with Crippen molar-refractivity contribution in [1.82, 2.24) is 4.90 Å². The van der Waals surface area contributed by atoms with Crippen LogP contribution in [0.2, 0.25) is 0 Å². The Kier molecular flexibility index (Phi) is 6.13. The summed E-state index contributed by atoms with van der Waals surface area (Å²) < 4.78 is -0.588. The molecule has 2 aliphatic heterocycles. The molecule has 1 N–H and O–H groups in total. The number of aliphatic imine (C=N–C) groups is 1. The summed E-state index contributed by atoms with van der Waals surface area (Å²) in [4.78, 5) is 29.0. The lowest BCUT2D eigenvalue weighted by atomic mass is 10.0. The number of nitrogens with zero attached hydrogens (tertiary/aromatic N) is 2. The zero-order chi connectivity index (χ0) is 14.3. The van der Waals surface area contributed by atoms with Crippen LogP contribution in [-0.2, 0) is 9.59 Å². The summed E-state index contributed by atoms with van der Waals surface area (Å²) in [7, 11) is 0. The van der Waals surface area contributed by atoms with Gasteiger partial charge in [0.1, 0.15) is 15.4 Å². The molecule has 0 bridgehead atoms. The van der Waals surface area contributed by atoms with E-state index in [0.29, 0.717) is 11.3 Å². The summed E-state index contributed by atoms with van der Waals surface area (Å²) in [5.41, 5.74) is 1.31. The number of hydrogen-bond donors (Lipinski definition) is 1. The Labute approximate surface area is 144 Å². The van der Waals surface area contributed by atoms with E-state index in [-0.39, 0.29) is 34.0 Å². The second kappa shape index (κ2) is 6.81. The van der Waals surface area contributed by atoms with E-state index < -0.39 is 16.3 Å². The number of rotatable bonds is 3. The van der Waals surface area contributed by atoms with E-state index in [1.54, 1.807) is 0 Å². The minimum atomic E-state index is -1.13. The van der Waals surface area contributed by atoms with Gasteiger partial charge in [0.2, 0.25) is 0 Å². The van der Waals surface area contributed by atoms with Gasteiger partial charge < -0.3 is 5.11 Å². The van der Waals surface area contributed by atoms with Crippen LogP contribution in [-0.4, -0.2) is 49.0 Å². The summed E-state index contributed by atoms with van der Waals surface area (Å²) in [6, 6.07) is -0.477. The van der Waals surface area contributed by atoms with Gasteiger partial charge in [0.25, 0.3) is 5.91 Å². The van der Waals surface area contributed by atoms with E-state index in [0.717, 1.165) is 5.71 Å². The lowest BCUT2D eigenvalue weighted by molar-refractivity contribution is -0.147. The molecule has 1 amide bonds. The highest BCUT2D eigenvalue weighted by Gasteiger charge is 2.54. The maximum Gasteiger partial charge on any atom is 0.352 e. The van der Waals surface area contributed by atoms with E-state index >= 15 is 0 Å². The average molecular weight is 449 g/mol. The molecule has 1 fully saturated rings. The van der Waals surface area contributed by atoms with Gasteiger partial charge >= 0.3 is 5.97 Å². The van der Waals surface area contributed by atoms with Crippen molar-refractivity contribution >= 4 is 73.9 Å². The van der Waals surface area contributed by atoms with Crippen LogP contribution >= 0.6 is 56.3 Å². The second-order valence-corrected chi connectivity index (χ2v) is 7.39. The fourth-order valence-electron chi connectivity index (χ4n) is 2.05. The molecule has 2 heterocycles. The number of fused-ring (bicyclic) bond motifs is 1. The first-order valence-electron chi connectivity index (χ1n) is 5.54. The van der Waals surface area contributed by atoms with Crippen molar-refractivity contribution < 1.29 is 14.7 Å². The Morgan fingerprint density at radius 2 is 2.20 bits per heavy atom. The number of carbonyl (C=O) groups is 2. The number of aliphatic carboxylic acids is 1. The van der Waals surface area contributed by atoms with E-state index in [4.69, 9.17) is 11.6 Å². The highest BCUT2D eigenvalue weighted by molar-refractivity contribution is 9.10. The quantitative estimate of drug-likeness (QED) is 0.409. The van der Waals surface area contributed by atoms with Gasteiger partial charge in [0.05, 0.1) is 0 Å². The fourth-order valence-corrected chi connectivity index (χ4v) is 4.29. The third-order valence-corrected chi connectivity index (χ3v) is 4.94. The maximum atomic E-state index is 12.1. The molecule has 2 aliphatic rings. The number of carbonyl (C=O) groups excluding carboxylic acids is 1. The monoisotopic (exact) mass is 446 g/mol. The number of hydrogen-bond acceptors (Lipinski definition) is 4. The predicted octanol–water partition coefficient (Wildman–Crippen LogP) is 2.63. The van der Waals surface area contributed by atoms with Crippen molar-refractivity contribution in [3.63, 3.8) is 0 Å². The molecule has 0 aliphatic carbocycles. The molecule has 0 radical (unpaired) electrons. The Bertz CT molecular complexity index is 506. The first kappa shape index (κ1) is 18.0. The molecule has 5 nitrogen and oxygen atoms in total. The Morgan fingerprint density at radius 1 is 1.60 bits per heavy atom. The van der Waals surface area contributed by atoms with Crippen LogP contribution in [0.1, 0.15) is 13.8 Å². The summed E-state index contributed by atoms with van der Waals surface area (Å²) >= 11 is 10.6. The topological polar surface area (TPSA) is 70.0 Å². The van der Waals surface area contributed by atoms with Gasteiger partial charge in [-0.1, -0.05) is 15.9 Å². The van der Waals surface area contributed by atoms with E-state index in [1.807, 2.05) is 13.8 Å². The largest absolute Gasteiger partial charge is 0.477 e. The van der Waals surface area contributed by atoms with Crippen LogP contribution in [0.25, 0.3) is 0 Å². The molecule has 1 saturated heterocycles. The Morgan fingerprint density at radius 3 is 2.65 bits per heavy atom. The molecular weight excluding hydrogens is 435 g/mol. The summed E-state index contributed by atoms with van der Waals surface area (Å²) in [6.45, 7) is 3.63. The van der Waals surface area contributed by atoms with Crippen LogP contribution in [0.4, 0.5) is 0 Å². The number of carboxylic acids is 1. The SMILES string of the molecule is Br.CC(C)=N[C@@H]1C(=O)N2C(C(=O)O)=C(C(Cl)Br)CS[C@@H]12. The van der Waals surface area contributed by atoms with Crippen molar-refractivity contribution in [2.24, 2.45) is 4.99 Å². The predicted molar refractivity (Wildman–Crippen MR) is 89.2 cm³/mol. The van der Waals surface area contributed by atoms with Gasteiger partial charge in [0, 0.05) is 11.5 Å². The normalized spacial score (nSPS) is 26.2. The molecule has 0 aromatic carbocycles. The molecule has 0 spiro atoms. The third kappa shape index (κ3) is 3.08. The Balaban J connectivity index is 0.00000200. The number of alkyl halides is 2. The molecule has 0 aromatic rings. The molecule has 0 aromatic heterocycles. The van der Waals surface area contributed by atoms with Crippen molar-refractivity contribution in [2.75, 3.05) is 5.75 Å².